The minimum atomic E-state index is -1.74. The van der Waals surface area contributed by atoms with E-state index in [0.717, 1.165) is 24.0 Å². The van der Waals surface area contributed by atoms with Crippen molar-refractivity contribution in [2.45, 2.75) is 50.7 Å². The predicted molar refractivity (Wildman–Crippen MR) is 102 cm³/mol. The van der Waals surface area contributed by atoms with Crippen LogP contribution in [-0.4, -0.2) is 22.1 Å². The molecule has 0 saturated heterocycles. The van der Waals surface area contributed by atoms with E-state index in [9.17, 15) is 9.90 Å². The van der Waals surface area contributed by atoms with E-state index in [2.05, 4.69) is 24.1 Å². The third-order valence-corrected chi connectivity index (χ3v) is 5.00. The molecule has 3 rings (SSSR count). The molecule has 0 aliphatic heterocycles. The molecule has 1 unspecified atom stereocenters. The average Bonchev–Trinajstić information content (AvgIpc) is 3.43. The summed E-state index contributed by atoms with van der Waals surface area (Å²) in [6.07, 6.45) is 3.98. The summed E-state index contributed by atoms with van der Waals surface area (Å²) in [4.78, 5) is 16.5. The minimum Gasteiger partial charge on any atom is -0.479 e. The number of halogens is 1. The van der Waals surface area contributed by atoms with Gasteiger partial charge in [0, 0.05) is 23.8 Å². The van der Waals surface area contributed by atoms with Crippen LogP contribution in [0, 0.1) is 0 Å². The summed E-state index contributed by atoms with van der Waals surface area (Å²) >= 11 is 6.05. The Balaban J connectivity index is 2.05. The zero-order valence-corrected chi connectivity index (χ0v) is 15.8. The fraction of sp³-hybridized carbons (Fsp3) is 0.400. The van der Waals surface area contributed by atoms with Gasteiger partial charge in [0.05, 0.1) is 5.69 Å². The Bertz CT molecular complexity index is 820. The van der Waals surface area contributed by atoms with Crippen LogP contribution in [0.2, 0.25) is 5.02 Å². The largest absolute Gasteiger partial charge is 0.479 e. The van der Waals surface area contributed by atoms with E-state index in [1.54, 1.807) is 30.5 Å². The van der Waals surface area contributed by atoms with Crippen LogP contribution < -0.4 is 11.1 Å². The fourth-order valence-corrected chi connectivity index (χ4v) is 3.26. The molecule has 5 nitrogen and oxygen atoms in total. The van der Waals surface area contributed by atoms with Crippen molar-refractivity contribution in [2.75, 3.05) is 0 Å². The standard InChI is InChI=1S/C20H24ClN3O2/c1-12(2)23-10-14-11-24-18(9-17(14)13-6-7-13)20(22,19(25)26)15-4-3-5-16(21)8-15/h3-5,8-9,11-13,23H,6-7,10,22H2,1-2H3,(H,25,26). The molecular formula is C20H24ClN3O2. The summed E-state index contributed by atoms with van der Waals surface area (Å²) in [5, 5.41) is 13.7. The molecule has 0 amide bonds. The first-order valence-electron chi connectivity index (χ1n) is 8.83. The fourth-order valence-electron chi connectivity index (χ4n) is 3.07. The van der Waals surface area contributed by atoms with E-state index < -0.39 is 11.5 Å². The van der Waals surface area contributed by atoms with Gasteiger partial charge in [-0.3, -0.25) is 4.98 Å². The molecular weight excluding hydrogens is 350 g/mol. The second-order valence-corrected chi connectivity index (χ2v) is 7.64. The Morgan fingerprint density at radius 2 is 2.15 bits per heavy atom. The summed E-state index contributed by atoms with van der Waals surface area (Å²) in [6, 6.07) is 8.88. The highest BCUT2D eigenvalue weighted by Crippen LogP contribution is 2.43. The summed E-state index contributed by atoms with van der Waals surface area (Å²) in [7, 11) is 0. The maximum Gasteiger partial charge on any atom is 0.334 e. The number of nitrogens with two attached hydrogens (primary N) is 1. The van der Waals surface area contributed by atoms with Gasteiger partial charge in [-0.05, 0) is 53.6 Å². The van der Waals surface area contributed by atoms with Gasteiger partial charge < -0.3 is 16.2 Å². The lowest BCUT2D eigenvalue weighted by Crippen LogP contribution is -2.46. The van der Waals surface area contributed by atoms with Crippen molar-refractivity contribution in [3.8, 4) is 0 Å². The van der Waals surface area contributed by atoms with E-state index in [1.165, 1.54) is 0 Å². The van der Waals surface area contributed by atoms with Crippen LogP contribution in [0.15, 0.2) is 36.5 Å². The predicted octanol–water partition coefficient (Wildman–Crippen LogP) is 3.40. The summed E-state index contributed by atoms with van der Waals surface area (Å²) in [5.41, 5.74) is 7.63. The van der Waals surface area contributed by atoms with E-state index in [1.807, 2.05) is 6.07 Å². The van der Waals surface area contributed by atoms with E-state index in [-0.39, 0.29) is 0 Å². The van der Waals surface area contributed by atoms with Crippen molar-refractivity contribution in [1.82, 2.24) is 10.3 Å². The molecule has 1 atom stereocenters. The maximum atomic E-state index is 12.1. The zero-order chi connectivity index (χ0) is 18.9. The molecule has 138 valence electrons. The lowest BCUT2D eigenvalue weighted by atomic mass is 9.85. The Hall–Kier alpha value is -1.95. The molecule has 6 heteroatoms. The maximum absolute atomic E-state index is 12.1. The number of nitrogens with one attached hydrogen (secondary N) is 1. The molecule has 1 aliphatic rings. The van der Waals surface area contributed by atoms with Crippen LogP contribution in [-0.2, 0) is 16.9 Å². The van der Waals surface area contributed by atoms with Crippen molar-refractivity contribution in [3.05, 3.63) is 63.9 Å². The number of carboxylic acids is 1. The number of rotatable bonds is 7. The van der Waals surface area contributed by atoms with Crippen LogP contribution in [0.3, 0.4) is 0 Å². The number of aliphatic carboxylic acids is 1. The minimum absolute atomic E-state index is 0.336. The Morgan fingerprint density at radius 1 is 1.42 bits per heavy atom. The Kier molecular flexibility index (Phi) is 5.32. The monoisotopic (exact) mass is 373 g/mol. The first kappa shape index (κ1) is 18.8. The highest BCUT2D eigenvalue weighted by Gasteiger charge is 2.41. The normalized spacial score (nSPS) is 16.5. The molecule has 26 heavy (non-hydrogen) atoms. The van der Waals surface area contributed by atoms with E-state index in [4.69, 9.17) is 17.3 Å². The number of hydrogen-bond acceptors (Lipinski definition) is 4. The molecule has 1 saturated carbocycles. The highest BCUT2D eigenvalue weighted by molar-refractivity contribution is 6.30. The van der Waals surface area contributed by atoms with Crippen LogP contribution in [0.5, 0.6) is 0 Å². The van der Waals surface area contributed by atoms with Gasteiger partial charge in [0.15, 0.2) is 5.54 Å². The lowest BCUT2D eigenvalue weighted by Gasteiger charge is -2.26. The average molecular weight is 374 g/mol. The quantitative estimate of drug-likeness (QED) is 0.692. The number of nitrogens with zero attached hydrogens (tertiary/aromatic N) is 1. The lowest BCUT2D eigenvalue weighted by molar-refractivity contribution is -0.142. The second-order valence-electron chi connectivity index (χ2n) is 7.20. The molecule has 0 bridgehead atoms. The molecule has 4 N–H and O–H groups in total. The summed E-state index contributed by atoms with van der Waals surface area (Å²) in [6.45, 7) is 4.89. The van der Waals surface area contributed by atoms with Crippen LogP contribution in [0.4, 0.5) is 0 Å². The molecule has 1 fully saturated rings. The second kappa shape index (κ2) is 7.35. The summed E-state index contributed by atoms with van der Waals surface area (Å²) in [5.74, 6) is -0.694. The van der Waals surface area contributed by atoms with Crippen LogP contribution >= 0.6 is 11.6 Å². The number of hydrogen-bond donors (Lipinski definition) is 3. The third-order valence-electron chi connectivity index (χ3n) is 4.76. The Labute approximate surface area is 158 Å². The molecule has 0 radical (unpaired) electrons. The van der Waals surface area contributed by atoms with Gasteiger partial charge in [0.1, 0.15) is 0 Å². The molecule has 1 aliphatic carbocycles. The van der Waals surface area contributed by atoms with Gasteiger partial charge in [-0.1, -0.05) is 37.6 Å². The van der Waals surface area contributed by atoms with Gasteiger partial charge >= 0.3 is 5.97 Å². The van der Waals surface area contributed by atoms with Crippen molar-refractivity contribution in [3.63, 3.8) is 0 Å². The van der Waals surface area contributed by atoms with Gasteiger partial charge in [-0.15, -0.1) is 0 Å². The molecule has 1 heterocycles. The number of carbonyl (C=O) groups is 1. The van der Waals surface area contributed by atoms with Gasteiger partial charge in [0.2, 0.25) is 0 Å². The van der Waals surface area contributed by atoms with Crippen molar-refractivity contribution in [1.29, 1.82) is 0 Å². The molecule has 1 aromatic carbocycles. The number of carboxylic acid groups (broad SMARTS) is 1. The van der Waals surface area contributed by atoms with Gasteiger partial charge in [0.25, 0.3) is 0 Å². The third kappa shape index (κ3) is 3.75. The first-order valence-corrected chi connectivity index (χ1v) is 9.21. The Morgan fingerprint density at radius 3 is 2.73 bits per heavy atom. The molecule has 1 aromatic heterocycles. The topological polar surface area (TPSA) is 88.2 Å². The van der Waals surface area contributed by atoms with E-state index in [0.29, 0.717) is 34.8 Å². The highest BCUT2D eigenvalue weighted by atomic mass is 35.5. The van der Waals surface area contributed by atoms with Gasteiger partial charge in [-0.2, -0.15) is 0 Å². The number of aromatic nitrogens is 1. The number of pyridine rings is 1. The molecule has 2 aromatic rings. The zero-order valence-electron chi connectivity index (χ0n) is 15.0. The van der Waals surface area contributed by atoms with Crippen molar-refractivity contribution in [2.24, 2.45) is 5.73 Å². The van der Waals surface area contributed by atoms with Crippen LogP contribution in [0.25, 0.3) is 0 Å². The van der Waals surface area contributed by atoms with Gasteiger partial charge in [-0.25, -0.2) is 4.79 Å². The van der Waals surface area contributed by atoms with Crippen molar-refractivity contribution < 1.29 is 9.90 Å². The van der Waals surface area contributed by atoms with E-state index >= 15 is 0 Å². The first-order chi connectivity index (χ1) is 12.3. The number of benzene rings is 1. The van der Waals surface area contributed by atoms with Crippen LogP contribution in [0.1, 0.15) is 55.0 Å². The van der Waals surface area contributed by atoms with Crippen molar-refractivity contribution >= 4 is 17.6 Å². The smallest absolute Gasteiger partial charge is 0.334 e. The molecule has 0 spiro atoms. The SMILES string of the molecule is CC(C)NCc1cnc(C(N)(C(=O)O)c2cccc(Cl)c2)cc1C1CC1. The summed E-state index contributed by atoms with van der Waals surface area (Å²) < 4.78 is 0.